The number of nitrogens with one attached hydrogen (secondary N) is 2. The molecule has 0 radical (unpaired) electrons. The smallest absolute Gasteiger partial charge is 0.320 e. The standard InChI is InChI=1S/C19H23N5O3S/c1-9-15(28-19(21-9)23-18(26)20-3)13-7-12-8-24(10(2)11-5-6-11)17(25)14(12)16(22-13)27-4/h7,10-11H,5-6,8H2,1-4H3,(H2,20,21,23,26)/t10-/m0/s1. The molecule has 1 fully saturated rings. The molecule has 0 spiro atoms. The number of thiazole rings is 1. The van der Waals surface area contributed by atoms with Gasteiger partial charge in [0.1, 0.15) is 5.56 Å². The maximum Gasteiger partial charge on any atom is 0.320 e. The summed E-state index contributed by atoms with van der Waals surface area (Å²) in [7, 11) is 3.08. The molecular weight excluding hydrogens is 378 g/mol. The molecule has 1 saturated carbocycles. The fraction of sp³-hybridized carbons (Fsp3) is 0.474. The Morgan fingerprint density at radius 1 is 1.39 bits per heavy atom. The molecule has 4 rings (SSSR count). The second-order valence-corrected chi connectivity index (χ2v) is 8.20. The lowest BCUT2D eigenvalue weighted by Crippen LogP contribution is -2.34. The zero-order chi connectivity index (χ0) is 20.0. The summed E-state index contributed by atoms with van der Waals surface area (Å²) in [6, 6.07) is 1.84. The van der Waals surface area contributed by atoms with E-state index in [4.69, 9.17) is 4.74 Å². The van der Waals surface area contributed by atoms with Gasteiger partial charge < -0.3 is 15.0 Å². The summed E-state index contributed by atoms with van der Waals surface area (Å²) in [4.78, 5) is 36.3. The monoisotopic (exact) mass is 401 g/mol. The van der Waals surface area contributed by atoms with Crippen LogP contribution in [0.25, 0.3) is 10.6 Å². The van der Waals surface area contributed by atoms with Crippen LogP contribution in [0.4, 0.5) is 9.93 Å². The van der Waals surface area contributed by atoms with E-state index in [0.29, 0.717) is 34.7 Å². The Kier molecular flexibility index (Phi) is 4.70. The van der Waals surface area contributed by atoms with Crippen molar-refractivity contribution >= 4 is 28.4 Å². The van der Waals surface area contributed by atoms with Crippen LogP contribution >= 0.6 is 11.3 Å². The summed E-state index contributed by atoms with van der Waals surface area (Å²) < 4.78 is 5.47. The molecular formula is C19H23N5O3S. The normalized spacial score (nSPS) is 16.7. The summed E-state index contributed by atoms with van der Waals surface area (Å²) in [5, 5.41) is 5.69. The molecule has 1 atom stereocenters. The van der Waals surface area contributed by atoms with Crippen molar-refractivity contribution < 1.29 is 14.3 Å². The van der Waals surface area contributed by atoms with E-state index in [2.05, 4.69) is 27.5 Å². The number of hydrogen-bond acceptors (Lipinski definition) is 6. The lowest BCUT2D eigenvalue weighted by molar-refractivity contribution is 0.0694. The number of rotatable bonds is 5. The Morgan fingerprint density at radius 3 is 2.79 bits per heavy atom. The van der Waals surface area contributed by atoms with E-state index in [1.165, 1.54) is 31.3 Å². The number of hydrogen-bond donors (Lipinski definition) is 2. The van der Waals surface area contributed by atoms with E-state index >= 15 is 0 Å². The van der Waals surface area contributed by atoms with Gasteiger partial charge in [0.15, 0.2) is 5.13 Å². The minimum Gasteiger partial charge on any atom is -0.480 e. The number of carbonyl (C=O) groups excluding carboxylic acids is 2. The molecule has 0 unspecified atom stereocenters. The highest BCUT2D eigenvalue weighted by Crippen LogP contribution is 2.41. The SMILES string of the molecule is CNC(=O)Nc1nc(C)c(-c2cc3c(c(OC)n2)C(=O)N([C@@H](C)C2CC2)C3)s1. The predicted octanol–water partition coefficient (Wildman–Crippen LogP) is 3.03. The van der Waals surface area contributed by atoms with Gasteiger partial charge >= 0.3 is 6.03 Å². The first-order valence-electron chi connectivity index (χ1n) is 9.28. The molecule has 2 aromatic rings. The summed E-state index contributed by atoms with van der Waals surface area (Å²) in [5.74, 6) is 0.934. The molecule has 2 aromatic heterocycles. The van der Waals surface area contributed by atoms with E-state index in [1.54, 1.807) is 7.05 Å². The third-order valence-electron chi connectivity index (χ3n) is 5.35. The average Bonchev–Trinajstić information content (AvgIpc) is 3.40. The van der Waals surface area contributed by atoms with Gasteiger partial charge in [-0.15, -0.1) is 0 Å². The summed E-state index contributed by atoms with van der Waals surface area (Å²) in [5.41, 5.74) is 2.94. The molecule has 3 heterocycles. The number of urea groups is 1. The third-order valence-corrected chi connectivity index (χ3v) is 6.44. The number of methoxy groups -OCH3 is 1. The van der Waals surface area contributed by atoms with E-state index in [9.17, 15) is 9.59 Å². The fourth-order valence-corrected chi connectivity index (χ4v) is 4.52. The van der Waals surface area contributed by atoms with Crippen molar-refractivity contribution in [3.05, 3.63) is 22.9 Å². The molecule has 2 N–H and O–H groups in total. The molecule has 148 valence electrons. The molecule has 9 heteroatoms. The van der Waals surface area contributed by atoms with Crippen LogP contribution in [0, 0.1) is 12.8 Å². The van der Waals surface area contributed by atoms with Crippen LogP contribution in [-0.2, 0) is 6.54 Å². The molecule has 8 nitrogen and oxygen atoms in total. The zero-order valence-electron chi connectivity index (χ0n) is 16.3. The first-order chi connectivity index (χ1) is 13.4. The lowest BCUT2D eigenvalue weighted by atomic mass is 10.1. The van der Waals surface area contributed by atoms with Crippen LogP contribution in [0.3, 0.4) is 0 Å². The van der Waals surface area contributed by atoms with E-state index < -0.39 is 0 Å². The molecule has 0 saturated heterocycles. The number of anilines is 1. The Balaban J connectivity index is 1.69. The Bertz CT molecular complexity index is 953. The lowest BCUT2D eigenvalue weighted by Gasteiger charge is -2.23. The highest BCUT2D eigenvalue weighted by atomic mass is 32.1. The number of ether oxygens (including phenoxy) is 1. The van der Waals surface area contributed by atoms with E-state index in [0.717, 1.165) is 16.1 Å². The van der Waals surface area contributed by atoms with Crippen LogP contribution in [0.2, 0.25) is 0 Å². The molecule has 0 aromatic carbocycles. The average molecular weight is 401 g/mol. The number of amides is 3. The van der Waals surface area contributed by atoms with Crippen molar-refractivity contribution in [2.24, 2.45) is 5.92 Å². The molecule has 3 amide bonds. The van der Waals surface area contributed by atoms with Gasteiger partial charge in [-0.1, -0.05) is 11.3 Å². The molecule has 0 bridgehead atoms. The number of nitrogens with zero attached hydrogens (tertiary/aromatic N) is 3. The van der Waals surface area contributed by atoms with Crippen molar-refractivity contribution in [1.29, 1.82) is 0 Å². The van der Waals surface area contributed by atoms with Crippen LogP contribution in [0.5, 0.6) is 5.88 Å². The first kappa shape index (κ1) is 18.7. The molecule has 1 aliphatic heterocycles. The first-order valence-corrected chi connectivity index (χ1v) is 10.1. The van der Waals surface area contributed by atoms with Crippen molar-refractivity contribution in [2.45, 2.75) is 39.3 Å². The van der Waals surface area contributed by atoms with Gasteiger partial charge in [-0.2, -0.15) is 0 Å². The minimum atomic E-state index is -0.324. The number of carbonyl (C=O) groups is 2. The van der Waals surface area contributed by atoms with Gasteiger partial charge in [0.05, 0.1) is 23.4 Å². The summed E-state index contributed by atoms with van der Waals surface area (Å²) in [6.07, 6.45) is 2.37. The Hall–Kier alpha value is -2.68. The predicted molar refractivity (Wildman–Crippen MR) is 107 cm³/mol. The van der Waals surface area contributed by atoms with E-state index in [-0.39, 0.29) is 18.0 Å². The van der Waals surface area contributed by atoms with E-state index in [1.807, 2.05) is 17.9 Å². The van der Waals surface area contributed by atoms with Crippen molar-refractivity contribution in [3.8, 4) is 16.5 Å². The Morgan fingerprint density at radius 2 is 2.14 bits per heavy atom. The van der Waals surface area contributed by atoms with Gasteiger partial charge in [0.25, 0.3) is 5.91 Å². The zero-order valence-corrected chi connectivity index (χ0v) is 17.1. The highest BCUT2D eigenvalue weighted by molar-refractivity contribution is 7.19. The quantitative estimate of drug-likeness (QED) is 0.803. The minimum absolute atomic E-state index is 0.00620. The molecule has 2 aliphatic rings. The molecule has 1 aliphatic carbocycles. The maximum atomic E-state index is 13.0. The van der Waals surface area contributed by atoms with Crippen LogP contribution in [0.15, 0.2) is 6.07 Å². The largest absolute Gasteiger partial charge is 0.480 e. The molecule has 28 heavy (non-hydrogen) atoms. The Labute approximate surface area is 167 Å². The number of fused-ring (bicyclic) bond motifs is 1. The number of aromatic nitrogens is 2. The fourth-order valence-electron chi connectivity index (χ4n) is 3.60. The highest BCUT2D eigenvalue weighted by Gasteiger charge is 2.40. The van der Waals surface area contributed by atoms with Crippen molar-refractivity contribution in [2.75, 3.05) is 19.5 Å². The second-order valence-electron chi connectivity index (χ2n) is 7.20. The topological polar surface area (TPSA) is 96.5 Å². The summed E-state index contributed by atoms with van der Waals surface area (Å²) >= 11 is 1.34. The third kappa shape index (κ3) is 3.19. The number of aryl methyl sites for hydroxylation is 1. The van der Waals surface area contributed by atoms with Gasteiger partial charge in [0.2, 0.25) is 5.88 Å². The van der Waals surface area contributed by atoms with Crippen LogP contribution in [0.1, 0.15) is 41.4 Å². The van der Waals surface area contributed by atoms with Crippen LogP contribution in [-0.4, -0.2) is 47.0 Å². The van der Waals surface area contributed by atoms with Gasteiger partial charge in [-0.05, 0) is 44.2 Å². The number of pyridine rings is 1. The van der Waals surface area contributed by atoms with Crippen molar-refractivity contribution in [3.63, 3.8) is 0 Å². The van der Waals surface area contributed by atoms with Gasteiger partial charge in [-0.3, -0.25) is 10.1 Å². The summed E-state index contributed by atoms with van der Waals surface area (Å²) in [6.45, 7) is 4.56. The van der Waals surface area contributed by atoms with Crippen molar-refractivity contribution in [1.82, 2.24) is 20.2 Å². The van der Waals surface area contributed by atoms with Crippen LogP contribution < -0.4 is 15.4 Å². The maximum absolute atomic E-state index is 13.0. The van der Waals surface area contributed by atoms with Gasteiger partial charge in [0, 0.05) is 19.6 Å². The van der Waals surface area contributed by atoms with Gasteiger partial charge in [-0.25, -0.2) is 14.8 Å². The second kappa shape index (κ2) is 7.05.